The molecule has 0 saturated heterocycles. The Hall–Kier alpha value is -2.64. The van der Waals surface area contributed by atoms with Crippen LogP contribution in [0.3, 0.4) is 0 Å². The Kier molecular flexibility index (Phi) is 16.8. The van der Waals surface area contributed by atoms with Crippen molar-refractivity contribution in [2.75, 3.05) is 52.6 Å². The number of ether oxygens (including phenoxy) is 3. The Morgan fingerprint density at radius 2 is 1.37 bits per heavy atom. The lowest BCUT2D eigenvalue weighted by Crippen LogP contribution is -2.36. The molecule has 0 aromatic carbocycles. The zero-order valence-electron chi connectivity index (χ0n) is 17.5. The highest BCUT2D eigenvalue weighted by Crippen LogP contribution is 2.00. The van der Waals surface area contributed by atoms with Gasteiger partial charge >= 0.3 is 12.2 Å². The van der Waals surface area contributed by atoms with Gasteiger partial charge < -0.3 is 35.5 Å². The van der Waals surface area contributed by atoms with Crippen LogP contribution in [0, 0.1) is 0 Å². The summed E-state index contributed by atoms with van der Waals surface area (Å²) >= 11 is 0. The van der Waals surface area contributed by atoms with Crippen LogP contribution in [0.1, 0.15) is 26.7 Å². The van der Waals surface area contributed by atoms with Gasteiger partial charge in [-0.05, 0) is 20.3 Å². The lowest BCUT2D eigenvalue weighted by Gasteiger charge is -2.18. The smallest absolute Gasteiger partial charge is 0.407 e. The average Bonchev–Trinajstić information content (AvgIpc) is 2.70. The van der Waals surface area contributed by atoms with Crippen molar-refractivity contribution in [1.82, 2.24) is 21.3 Å². The van der Waals surface area contributed by atoms with E-state index in [9.17, 15) is 19.2 Å². The highest BCUT2D eigenvalue weighted by Gasteiger charge is 2.15. The van der Waals surface area contributed by atoms with E-state index < -0.39 is 18.3 Å². The molecule has 0 fully saturated rings. The summed E-state index contributed by atoms with van der Waals surface area (Å²) in [6, 6.07) is 0. The predicted molar refractivity (Wildman–Crippen MR) is 105 cm³/mol. The third kappa shape index (κ3) is 16.3. The molecular formula is C17H33N5O8. The number of carbonyl (C=O) groups is 4. The van der Waals surface area contributed by atoms with Crippen LogP contribution in [0.15, 0.2) is 0 Å². The molecule has 6 N–H and O–H groups in total. The van der Waals surface area contributed by atoms with Gasteiger partial charge in [-0.3, -0.25) is 14.4 Å². The number of hydrogen-bond donors (Lipinski definition) is 5. The maximum absolute atomic E-state index is 11.8. The largest absolute Gasteiger partial charge is 0.447 e. The van der Waals surface area contributed by atoms with Gasteiger partial charge in [0, 0.05) is 39.2 Å². The predicted octanol–water partition coefficient (Wildman–Crippen LogP) is -1.23. The Labute approximate surface area is 175 Å². The second-order valence-electron chi connectivity index (χ2n) is 5.86. The molecule has 0 radical (unpaired) electrons. The van der Waals surface area contributed by atoms with Crippen LogP contribution in [0.4, 0.5) is 9.59 Å². The van der Waals surface area contributed by atoms with Crippen molar-refractivity contribution in [3.63, 3.8) is 0 Å². The van der Waals surface area contributed by atoms with E-state index in [2.05, 4.69) is 26.1 Å². The first-order valence-corrected chi connectivity index (χ1v) is 9.70. The lowest BCUT2D eigenvalue weighted by atomic mass is 10.3. The highest BCUT2D eigenvalue weighted by atomic mass is 16.6. The van der Waals surface area contributed by atoms with Gasteiger partial charge in [-0.25, -0.2) is 15.5 Å². The van der Waals surface area contributed by atoms with E-state index in [1.165, 1.54) is 0 Å². The number of carbonyl (C=O) groups excluding carboxylic acids is 4. The summed E-state index contributed by atoms with van der Waals surface area (Å²) in [5.41, 5.74) is 0. The second kappa shape index (κ2) is 18.4. The van der Waals surface area contributed by atoms with Crippen molar-refractivity contribution in [3.05, 3.63) is 0 Å². The molecule has 0 rings (SSSR count). The van der Waals surface area contributed by atoms with Gasteiger partial charge in [0.2, 0.25) is 11.8 Å². The number of hydrogen-bond acceptors (Lipinski definition) is 9. The molecule has 0 aromatic rings. The average molecular weight is 435 g/mol. The van der Waals surface area contributed by atoms with Crippen LogP contribution in [-0.4, -0.2) is 82.7 Å². The van der Waals surface area contributed by atoms with Crippen LogP contribution in [-0.2, 0) is 28.6 Å². The first-order chi connectivity index (χ1) is 14.4. The van der Waals surface area contributed by atoms with Crippen molar-refractivity contribution in [3.8, 4) is 0 Å². The number of nitrogens with two attached hydrogens (primary N) is 1. The van der Waals surface area contributed by atoms with Crippen molar-refractivity contribution < 1.29 is 38.2 Å². The minimum absolute atomic E-state index is 0.107. The minimum atomic E-state index is -0.668. The molecule has 0 atom stereocenters. The summed E-state index contributed by atoms with van der Waals surface area (Å²) in [4.78, 5) is 49.9. The normalized spacial score (nSPS) is 10.3. The Bertz CT molecular complexity index is 498. The van der Waals surface area contributed by atoms with Crippen molar-refractivity contribution in [2.45, 2.75) is 32.8 Å². The van der Waals surface area contributed by atoms with Gasteiger partial charge in [0.15, 0.2) is 0 Å². The van der Waals surface area contributed by atoms with E-state index in [1.54, 1.807) is 13.8 Å². The molecule has 0 unspecified atom stereocenters. The third-order valence-electron chi connectivity index (χ3n) is 3.33. The number of alkyl carbamates (subject to hydrolysis) is 2. The van der Waals surface area contributed by atoms with Crippen LogP contribution in [0.2, 0.25) is 0 Å². The molecule has 0 aliphatic carbocycles. The van der Waals surface area contributed by atoms with Gasteiger partial charge in [0.05, 0.1) is 0 Å². The molecule has 0 aromatic heterocycles. The summed E-state index contributed by atoms with van der Waals surface area (Å²) < 4.78 is 15.6. The molecule has 13 nitrogen and oxygen atoms in total. The standard InChI is InChI=1S/C17H33N5O8/c1-3-19-16(25)28-10-13(11-29-17(26)20-4-2)27-9-5-6-14(23)21-7-8-22-15(24)12-30-18/h13H,3-12,18H2,1-2H3,(H,19,25)(H,20,26)(H,21,23)(H,22,24). The van der Waals surface area contributed by atoms with E-state index in [-0.39, 0.29) is 57.8 Å². The maximum atomic E-state index is 11.8. The van der Waals surface area contributed by atoms with Gasteiger partial charge in [-0.15, -0.1) is 0 Å². The molecule has 0 aliphatic heterocycles. The first-order valence-electron chi connectivity index (χ1n) is 9.70. The van der Waals surface area contributed by atoms with Crippen LogP contribution in [0.5, 0.6) is 0 Å². The summed E-state index contributed by atoms with van der Waals surface area (Å²) in [7, 11) is 0. The molecule has 0 saturated carbocycles. The summed E-state index contributed by atoms with van der Waals surface area (Å²) in [5, 5.41) is 10.1. The van der Waals surface area contributed by atoms with Crippen LogP contribution in [0.25, 0.3) is 0 Å². The third-order valence-corrected chi connectivity index (χ3v) is 3.33. The molecule has 0 heterocycles. The zero-order valence-corrected chi connectivity index (χ0v) is 17.5. The van der Waals surface area contributed by atoms with Gasteiger partial charge in [0.25, 0.3) is 0 Å². The molecule has 0 bridgehead atoms. The lowest BCUT2D eigenvalue weighted by molar-refractivity contribution is -0.126. The highest BCUT2D eigenvalue weighted by molar-refractivity contribution is 5.77. The molecule has 13 heteroatoms. The molecule has 0 spiro atoms. The van der Waals surface area contributed by atoms with Crippen molar-refractivity contribution in [1.29, 1.82) is 0 Å². The Morgan fingerprint density at radius 1 is 0.833 bits per heavy atom. The first kappa shape index (κ1) is 27.4. The number of nitrogens with one attached hydrogen (secondary N) is 4. The topological polar surface area (TPSA) is 179 Å². The number of rotatable bonds is 16. The molecular weight excluding hydrogens is 402 g/mol. The second-order valence-corrected chi connectivity index (χ2v) is 5.86. The van der Waals surface area contributed by atoms with E-state index in [1.807, 2.05) is 0 Å². The fourth-order valence-corrected chi connectivity index (χ4v) is 1.97. The van der Waals surface area contributed by atoms with Crippen molar-refractivity contribution in [2.24, 2.45) is 5.90 Å². The Balaban J connectivity index is 4.10. The summed E-state index contributed by atoms with van der Waals surface area (Å²) in [6.07, 6.45) is -1.28. The molecule has 174 valence electrons. The minimum Gasteiger partial charge on any atom is -0.447 e. The number of amides is 4. The maximum Gasteiger partial charge on any atom is 0.407 e. The Morgan fingerprint density at radius 3 is 1.87 bits per heavy atom. The molecule has 4 amide bonds. The van der Waals surface area contributed by atoms with Crippen molar-refractivity contribution >= 4 is 24.0 Å². The fraction of sp³-hybridized carbons (Fsp3) is 0.765. The van der Waals surface area contributed by atoms with E-state index in [4.69, 9.17) is 20.1 Å². The van der Waals surface area contributed by atoms with Gasteiger partial charge in [-0.2, -0.15) is 0 Å². The van der Waals surface area contributed by atoms with Crippen LogP contribution < -0.4 is 27.2 Å². The monoisotopic (exact) mass is 435 g/mol. The SMILES string of the molecule is CCNC(=O)OCC(COC(=O)NCC)OCCCC(=O)NCCNC(=O)CON. The zero-order chi connectivity index (χ0) is 22.6. The van der Waals surface area contributed by atoms with Gasteiger partial charge in [-0.1, -0.05) is 0 Å². The van der Waals surface area contributed by atoms with E-state index >= 15 is 0 Å². The molecule has 30 heavy (non-hydrogen) atoms. The summed E-state index contributed by atoms with van der Waals surface area (Å²) in [5.74, 6) is 4.18. The van der Waals surface area contributed by atoms with E-state index in [0.29, 0.717) is 19.5 Å². The van der Waals surface area contributed by atoms with Crippen LogP contribution >= 0.6 is 0 Å². The fourth-order valence-electron chi connectivity index (χ4n) is 1.97. The van der Waals surface area contributed by atoms with E-state index in [0.717, 1.165) is 0 Å². The molecule has 0 aliphatic rings. The summed E-state index contributed by atoms with van der Waals surface area (Å²) in [6.45, 7) is 4.58. The van der Waals surface area contributed by atoms with Gasteiger partial charge in [0.1, 0.15) is 25.9 Å². The quantitative estimate of drug-likeness (QED) is 0.146.